The van der Waals surface area contributed by atoms with Crippen molar-refractivity contribution in [3.8, 4) is 0 Å². The highest BCUT2D eigenvalue weighted by atomic mass is 16.3. The predicted octanol–water partition coefficient (Wildman–Crippen LogP) is -0.0250. The average molecular weight is 293 g/mol. The molecule has 1 atom stereocenters. The molecule has 0 spiro atoms. The van der Waals surface area contributed by atoms with Crippen LogP contribution in [0.5, 0.6) is 0 Å². The molecule has 1 fully saturated rings. The molecule has 1 aliphatic rings. The number of carbonyl (C=O) groups excluding carboxylic acids is 3. The topological polar surface area (TPSA) is 82.9 Å². The highest BCUT2D eigenvalue weighted by Gasteiger charge is 2.36. The Bertz CT molecular complexity index is 524. The van der Waals surface area contributed by atoms with Crippen molar-refractivity contribution in [3.63, 3.8) is 0 Å². The van der Waals surface area contributed by atoms with E-state index in [4.69, 9.17) is 4.42 Å². The van der Waals surface area contributed by atoms with Gasteiger partial charge in [0.1, 0.15) is 11.8 Å². The van der Waals surface area contributed by atoms with Crippen LogP contribution in [0.4, 0.5) is 0 Å². The molecule has 0 radical (unpaired) electrons. The molecule has 0 aliphatic carbocycles. The van der Waals surface area contributed by atoms with E-state index in [0.29, 0.717) is 18.6 Å². The lowest BCUT2D eigenvalue weighted by Gasteiger charge is -2.23. The third kappa shape index (κ3) is 3.62. The fourth-order valence-corrected chi connectivity index (χ4v) is 2.21. The molecule has 0 saturated carbocycles. The first-order valence-corrected chi connectivity index (χ1v) is 6.78. The molecule has 1 unspecified atom stereocenters. The number of rotatable bonds is 5. The van der Waals surface area contributed by atoms with E-state index >= 15 is 0 Å². The van der Waals surface area contributed by atoms with Crippen LogP contribution in [0.1, 0.15) is 18.6 Å². The summed E-state index contributed by atoms with van der Waals surface area (Å²) in [7, 11) is 3.24. The Kier molecular flexibility index (Phi) is 4.62. The van der Waals surface area contributed by atoms with Gasteiger partial charge in [0.15, 0.2) is 0 Å². The van der Waals surface area contributed by atoms with Crippen molar-refractivity contribution in [3.05, 3.63) is 24.2 Å². The van der Waals surface area contributed by atoms with E-state index < -0.39 is 6.04 Å². The molecule has 3 amide bonds. The standard InChI is InChI=1S/C14H19N3O4/c1-16(2)13(19)8-15-14(20)11-5-6-12(18)17(11)9-10-4-3-7-21-10/h3-4,7,11H,5-6,8-9H2,1-2H3,(H,15,20). The van der Waals surface area contributed by atoms with E-state index in [1.807, 2.05) is 0 Å². The van der Waals surface area contributed by atoms with Gasteiger partial charge in [0.25, 0.3) is 0 Å². The maximum Gasteiger partial charge on any atom is 0.243 e. The smallest absolute Gasteiger partial charge is 0.243 e. The summed E-state index contributed by atoms with van der Waals surface area (Å²) < 4.78 is 5.22. The van der Waals surface area contributed by atoms with Crippen LogP contribution in [0.15, 0.2) is 22.8 Å². The maximum absolute atomic E-state index is 12.2. The molecule has 1 aromatic heterocycles. The zero-order chi connectivity index (χ0) is 15.4. The molecule has 21 heavy (non-hydrogen) atoms. The molecule has 1 aliphatic heterocycles. The summed E-state index contributed by atoms with van der Waals surface area (Å²) in [4.78, 5) is 38.4. The number of nitrogens with one attached hydrogen (secondary N) is 1. The van der Waals surface area contributed by atoms with Crippen LogP contribution in [0.25, 0.3) is 0 Å². The Morgan fingerprint density at radius 3 is 2.86 bits per heavy atom. The fourth-order valence-electron chi connectivity index (χ4n) is 2.21. The van der Waals surface area contributed by atoms with Gasteiger partial charge < -0.3 is 19.5 Å². The molecule has 1 N–H and O–H groups in total. The number of nitrogens with zero attached hydrogens (tertiary/aromatic N) is 2. The first-order chi connectivity index (χ1) is 9.99. The lowest BCUT2D eigenvalue weighted by Crippen LogP contribution is -2.46. The van der Waals surface area contributed by atoms with E-state index in [9.17, 15) is 14.4 Å². The quantitative estimate of drug-likeness (QED) is 0.827. The Morgan fingerprint density at radius 2 is 2.24 bits per heavy atom. The highest BCUT2D eigenvalue weighted by molar-refractivity contribution is 5.92. The van der Waals surface area contributed by atoms with Crippen LogP contribution in [0.3, 0.4) is 0 Å². The van der Waals surface area contributed by atoms with E-state index in [2.05, 4.69) is 5.32 Å². The SMILES string of the molecule is CN(C)C(=O)CNC(=O)C1CCC(=O)N1Cc1ccco1. The Balaban J connectivity index is 1.95. The van der Waals surface area contributed by atoms with Crippen LogP contribution >= 0.6 is 0 Å². The largest absolute Gasteiger partial charge is 0.467 e. The molecular formula is C14H19N3O4. The molecule has 2 heterocycles. The van der Waals surface area contributed by atoms with Gasteiger partial charge in [-0.25, -0.2) is 0 Å². The zero-order valence-electron chi connectivity index (χ0n) is 12.2. The van der Waals surface area contributed by atoms with Gasteiger partial charge in [-0.05, 0) is 18.6 Å². The van der Waals surface area contributed by atoms with Gasteiger partial charge in [0, 0.05) is 20.5 Å². The van der Waals surface area contributed by atoms with E-state index in [1.165, 1.54) is 16.1 Å². The van der Waals surface area contributed by atoms with Crippen LogP contribution in [0.2, 0.25) is 0 Å². The number of carbonyl (C=O) groups is 3. The Morgan fingerprint density at radius 1 is 1.48 bits per heavy atom. The minimum Gasteiger partial charge on any atom is -0.467 e. The fraction of sp³-hybridized carbons (Fsp3) is 0.500. The number of likely N-dealkylation sites (N-methyl/N-ethyl adjacent to an activating group) is 1. The van der Waals surface area contributed by atoms with Crippen molar-refractivity contribution in [1.82, 2.24) is 15.1 Å². The van der Waals surface area contributed by atoms with Crippen LogP contribution in [-0.2, 0) is 20.9 Å². The van der Waals surface area contributed by atoms with Crippen LogP contribution in [0, 0.1) is 0 Å². The molecule has 1 aromatic rings. The summed E-state index contributed by atoms with van der Waals surface area (Å²) in [6.07, 6.45) is 2.32. The first kappa shape index (κ1) is 15.1. The number of likely N-dealkylation sites (tertiary alicyclic amines) is 1. The van der Waals surface area contributed by atoms with E-state index in [1.54, 1.807) is 26.2 Å². The van der Waals surface area contributed by atoms with Gasteiger partial charge in [-0.1, -0.05) is 0 Å². The first-order valence-electron chi connectivity index (χ1n) is 6.78. The van der Waals surface area contributed by atoms with E-state index in [0.717, 1.165) is 0 Å². The molecule has 1 saturated heterocycles. The number of hydrogen-bond donors (Lipinski definition) is 1. The maximum atomic E-state index is 12.2. The molecule has 7 heteroatoms. The summed E-state index contributed by atoms with van der Waals surface area (Å²) in [5.41, 5.74) is 0. The Hall–Kier alpha value is -2.31. The highest BCUT2D eigenvalue weighted by Crippen LogP contribution is 2.21. The van der Waals surface area contributed by atoms with Gasteiger partial charge in [-0.15, -0.1) is 0 Å². The van der Waals surface area contributed by atoms with Crippen LogP contribution < -0.4 is 5.32 Å². The summed E-state index contributed by atoms with van der Waals surface area (Å²) in [6, 6.07) is 2.95. The molecular weight excluding hydrogens is 274 g/mol. The second-order valence-corrected chi connectivity index (χ2v) is 5.16. The number of hydrogen-bond acceptors (Lipinski definition) is 4. The summed E-state index contributed by atoms with van der Waals surface area (Å²) in [6.45, 7) is 0.205. The van der Waals surface area contributed by atoms with Crippen molar-refractivity contribution in [2.45, 2.75) is 25.4 Å². The van der Waals surface area contributed by atoms with Crippen molar-refractivity contribution < 1.29 is 18.8 Å². The monoisotopic (exact) mass is 293 g/mol. The summed E-state index contributed by atoms with van der Waals surface area (Å²) >= 11 is 0. The molecule has 0 bridgehead atoms. The average Bonchev–Trinajstić information content (AvgIpc) is 3.07. The van der Waals surface area contributed by atoms with Crippen molar-refractivity contribution in [2.75, 3.05) is 20.6 Å². The van der Waals surface area contributed by atoms with Crippen LogP contribution in [-0.4, -0.2) is 54.2 Å². The lowest BCUT2D eigenvalue weighted by atomic mass is 10.2. The second-order valence-electron chi connectivity index (χ2n) is 5.16. The molecule has 2 rings (SSSR count). The van der Waals surface area contributed by atoms with Gasteiger partial charge in [-0.3, -0.25) is 14.4 Å². The number of furan rings is 1. The molecule has 7 nitrogen and oxygen atoms in total. The molecule has 0 aromatic carbocycles. The van der Waals surface area contributed by atoms with Gasteiger partial charge >= 0.3 is 0 Å². The van der Waals surface area contributed by atoms with Crippen molar-refractivity contribution >= 4 is 17.7 Å². The normalized spacial score (nSPS) is 17.9. The second kappa shape index (κ2) is 6.43. The third-order valence-electron chi connectivity index (χ3n) is 3.45. The minimum absolute atomic E-state index is 0.0644. The predicted molar refractivity (Wildman–Crippen MR) is 74.0 cm³/mol. The van der Waals surface area contributed by atoms with E-state index in [-0.39, 0.29) is 30.8 Å². The minimum atomic E-state index is -0.544. The van der Waals surface area contributed by atoms with Gasteiger partial charge in [0.2, 0.25) is 17.7 Å². The summed E-state index contributed by atoms with van der Waals surface area (Å²) in [5.74, 6) is 0.0609. The van der Waals surface area contributed by atoms with Gasteiger partial charge in [-0.2, -0.15) is 0 Å². The van der Waals surface area contributed by atoms with Crippen molar-refractivity contribution in [2.24, 2.45) is 0 Å². The number of amides is 3. The van der Waals surface area contributed by atoms with Crippen molar-refractivity contribution in [1.29, 1.82) is 0 Å². The van der Waals surface area contributed by atoms with Gasteiger partial charge in [0.05, 0.1) is 19.4 Å². The zero-order valence-corrected chi connectivity index (χ0v) is 12.2. The lowest BCUT2D eigenvalue weighted by molar-refractivity contribution is -0.137. The molecule has 114 valence electrons. The Labute approximate surface area is 122 Å². The summed E-state index contributed by atoms with van der Waals surface area (Å²) in [5, 5.41) is 2.58. The third-order valence-corrected chi connectivity index (χ3v) is 3.45.